The fourth-order valence-corrected chi connectivity index (χ4v) is 2.31. The summed E-state index contributed by atoms with van der Waals surface area (Å²) in [5.74, 6) is -0.460. The summed E-state index contributed by atoms with van der Waals surface area (Å²) < 4.78 is 20.2. The van der Waals surface area contributed by atoms with E-state index in [0.717, 1.165) is 19.3 Å². The molecule has 0 aromatic rings. The highest BCUT2D eigenvalue weighted by atomic mass is 28.4. The van der Waals surface area contributed by atoms with E-state index in [4.69, 9.17) is 17.7 Å². The smallest absolute Gasteiger partial charge is 0.448 e. The molecule has 0 heterocycles. The quantitative estimate of drug-likeness (QED) is 0.380. The van der Waals surface area contributed by atoms with Crippen molar-refractivity contribution < 1.29 is 22.5 Å². The lowest BCUT2D eigenvalue weighted by Gasteiger charge is -2.22. The van der Waals surface area contributed by atoms with Gasteiger partial charge in [0.05, 0.1) is 0 Å². The molecule has 0 bridgehead atoms. The molecule has 0 amide bonds. The molecule has 5 nitrogen and oxygen atoms in total. The highest BCUT2D eigenvalue weighted by molar-refractivity contribution is 6.55. The average Bonchev–Trinajstić information content (AvgIpc) is 2.36. The molecule has 0 unspecified atom stereocenters. The molecule has 0 fully saturated rings. The molecular formula is C11H22O5Si. The van der Waals surface area contributed by atoms with Gasteiger partial charge in [0.25, 0.3) is 0 Å². The first-order valence-corrected chi connectivity index (χ1v) is 7.24. The van der Waals surface area contributed by atoms with E-state index in [-0.39, 0.29) is 0 Å². The van der Waals surface area contributed by atoms with Crippen molar-refractivity contribution in [1.29, 1.82) is 0 Å². The van der Waals surface area contributed by atoms with Crippen molar-refractivity contribution in [2.45, 2.75) is 33.1 Å². The van der Waals surface area contributed by atoms with Crippen LogP contribution in [0.3, 0.4) is 0 Å². The first-order chi connectivity index (χ1) is 8.05. The Kier molecular flexibility index (Phi) is 8.06. The third kappa shape index (κ3) is 5.45. The zero-order chi connectivity index (χ0) is 13.3. The molecule has 0 atom stereocenters. The van der Waals surface area contributed by atoms with Gasteiger partial charge in [-0.1, -0.05) is 25.8 Å². The van der Waals surface area contributed by atoms with Gasteiger partial charge in [-0.2, -0.15) is 0 Å². The minimum Gasteiger partial charge on any atom is -0.448 e. The van der Waals surface area contributed by atoms with Crippen molar-refractivity contribution in [2.75, 3.05) is 21.3 Å². The lowest BCUT2D eigenvalue weighted by Crippen LogP contribution is -2.48. The number of hydrogen-bond donors (Lipinski definition) is 0. The molecule has 0 aromatic heterocycles. The summed E-state index contributed by atoms with van der Waals surface area (Å²) in [5, 5.41) is 0. The summed E-state index contributed by atoms with van der Waals surface area (Å²) in [5.41, 5.74) is 0.543. The van der Waals surface area contributed by atoms with Crippen LogP contribution in [0.1, 0.15) is 33.1 Å². The van der Waals surface area contributed by atoms with E-state index in [9.17, 15) is 4.79 Å². The molecule has 0 spiro atoms. The minimum atomic E-state index is -3.28. The molecule has 0 aromatic carbocycles. The second-order valence-electron chi connectivity index (χ2n) is 3.53. The second kappa shape index (κ2) is 8.41. The number of hydrogen-bond acceptors (Lipinski definition) is 5. The monoisotopic (exact) mass is 262 g/mol. The Hall–Kier alpha value is -0.693. The Labute approximate surface area is 104 Å². The van der Waals surface area contributed by atoms with Gasteiger partial charge in [-0.25, -0.2) is 4.79 Å². The highest BCUT2D eigenvalue weighted by Gasteiger charge is 2.47. The highest BCUT2D eigenvalue weighted by Crippen LogP contribution is 2.12. The number of carbonyl (C=O) groups is 1. The molecule has 0 saturated carbocycles. The van der Waals surface area contributed by atoms with Crippen LogP contribution in [-0.4, -0.2) is 36.3 Å². The Morgan fingerprint density at radius 3 is 2.12 bits per heavy atom. The standard InChI is InChI=1S/C11H22O5Si/c1-6-7-8-9-10(2)11(12)16-17(13-3,14-4)15-5/h9H,6-8H2,1-5H3. The van der Waals surface area contributed by atoms with Crippen molar-refractivity contribution in [2.24, 2.45) is 0 Å². The predicted octanol–water partition coefficient (Wildman–Crippen LogP) is 2.04. The first-order valence-electron chi connectivity index (χ1n) is 5.60. The van der Waals surface area contributed by atoms with Crippen LogP contribution in [0, 0.1) is 0 Å². The van der Waals surface area contributed by atoms with Crippen molar-refractivity contribution in [3.63, 3.8) is 0 Å². The lowest BCUT2D eigenvalue weighted by molar-refractivity contribution is -0.138. The van der Waals surface area contributed by atoms with Crippen molar-refractivity contribution in [1.82, 2.24) is 0 Å². The Morgan fingerprint density at radius 2 is 1.71 bits per heavy atom. The molecule has 17 heavy (non-hydrogen) atoms. The van der Waals surface area contributed by atoms with E-state index in [1.54, 1.807) is 6.92 Å². The van der Waals surface area contributed by atoms with Crippen LogP contribution < -0.4 is 0 Å². The predicted molar refractivity (Wildman–Crippen MR) is 66.2 cm³/mol. The van der Waals surface area contributed by atoms with Crippen LogP contribution >= 0.6 is 0 Å². The number of carbonyl (C=O) groups excluding carboxylic acids is 1. The van der Waals surface area contributed by atoms with Gasteiger partial charge in [-0.15, -0.1) is 0 Å². The molecular weight excluding hydrogens is 240 g/mol. The van der Waals surface area contributed by atoms with Crippen molar-refractivity contribution in [3.05, 3.63) is 11.6 Å². The lowest BCUT2D eigenvalue weighted by atomic mass is 10.2. The largest absolute Gasteiger partial charge is 0.751 e. The normalized spacial score (nSPS) is 12.6. The molecule has 0 aliphatic carbocycles. The van der Waals surface area contributed by atoms with Gasteiger partial charge in [0.1, 0.15) is 0 Å². The molecule has 6 heteroatoms. The van der Waals surface area contributed by atoms with E-state index < -0.39 is 15.0 Å². The molecule has 0 N–H and O–H groups in total. The summed E-state index contributed by atoms with van der Waals surface area (Å²) in [6, 6.07) is 0. The van der Waals surface area contributed by atoms with Gasteiger partial charge < -0.3 is 17.7 Å². The SMILES string of the molecule is CCCCC=C(C)C(=O)O[Si](OC)(OC)OC. The zero-order valence-electron chi connectivity index (χ0n) is 11.2. The molecule has 0 aliphatic heterocycles. The molecule has 0 radical (unpaired) electrons. The third-order valence-corrected chi connectivity index (χ3v) is 4.23. The molecule has 100 valence electrons. The summed E-state index contributed by atoms with van der Waals surface area (Å²) in [6.07, 6.45) is 4.85. The molecule has 0 rings (SSSR count). The van der Waals surface area contributed by atoms with E-state index in [0.29, 0.717) is 5.57 Å². The van der Waals surface area contributed by atoms with Gasteiger partial charge in [0.15, 0.2) is 0 Å². The van der Waals surface area contributed by atoms with E-state index in [2.05, 4.69) is 6.92 Å². The number of unbranched alkanes of at least 4 members (excludes halogenated alkanes) is 2. The minimum absolute atomic E-state index is 0.460. The Bertz CT molecular complexity index is 252. The van der Waals surface area contributed by atoms with E-state index in [1.807, 2.05) is 6.08 Å². The Balaban J connectivity index is 4.45. The Morgan fingerprint density at radius 1 is 1.18 bits per heavy atom. The van der Waals surface area contributed by atoms with Crippen LogP contribution in [0.2, 0.25) is 0 Å². The summed E-state index contributed by atoms with van der Waals surface area (Å²) in [6.45, 7) is 3.80. The maximum atomic E-state index is 11.7. The van der Waals surface area contributed by atoms with E-state index >= 15 is 0 Å². The van der Waals surface area contributed by atoms with Crippen LogP contribution in [0.5, 0.6) is 0 Å². The van der Waals surface area contributed by atoms with Crippen LogP contribution in [0.15, 0.2) is 11.6 Å². The third-order valence-electron chi connectivity index (χ3n) is 2.30. The summed E-state index contributed by atoms with van der Waals surface area (Å²) in [4.78, 5) is 11.7. The van der Waals surface area contributed by atoms with E-state index in [1.165, 1.54) is 21.3 Å². The summed E-state index contributed by atoms with van der Waals surface area (Å²) >= 11 is 0. The first kappa shape index (κ1) is 16.3. The van der Waals surface area contributed by atoms with Gasteiger partial charge in [-0.3, -0.25) is 0 Å². The maximum absolute atomic E-state index is 11.7. The number of allylic oxidation sites excluding steroid dienone is 1. The van der Waals surface area contributed by atoms with Crippen LogP contribution in [0.25, 0.3) is 0 Å². The fourth-order valence-electron chi connectivity index (χ4n) is 1.18. The summed E-state index contributed by atoms with van der Waals surface area (Å²) in [7, 11) is 0.893. The molecule has 0 aliphatic rings. The van der Waals surface area contributed by atoms with Crippen molar-refractivity contribution in [3.8, 4) is 0 Å². The van der Waals surface area contributed by atoms with Crippen LogP contribution in [0.4, 0.5) is 0 Å². The molecule has 0 saturated heterocycles. The maximum Gasteiger partial charge on any atom is 0.751 e. The van der Waals surface area contributed by atoms with Gasteiger partial charge in [0, 0.05) is 26.9 Å². The van der Waals surface area contributed by atoms with Gasteiger partial charge in [-0.05, 0) is 13.3 Å². The van der Waals surface area contributed by atoms with Gasteiger partial charge >= 0.3 is 15.0 Å². The fraction of sp³-hybridized carbons (Fsp3) is 0.727. The van der Waals surface area contributed by atoms with Crippen LogP contribution in [-0.2, 0) is 22.5 Å². The second-order valence-corrected chi connectivity index (χ2v) is 5.96. The average molecular weight is 262 g/mol. The van der Waals surface area contributed by atoms with Gasteiger partial charge in [0.2, 0.25) is 0 Å². The van der Waals surface area contributed by atoms with Crippen molar-refractivity contribution >= 4 is 15.0 Å². The topological polar surface area (TPSA) is 54.0 Å². The zero-order valence-corrected chi connectivity index (χ0v) is 12.2. The number of rotatable bonds is 8.